The predicted octanol–water partition coefficient (Wildman–Crippen LogP) is 4.95. The summed E-state index contributed by atoms with van der Waals surface area (Å²) < 4.78 is 0. The second-order valence-corrected chi connectivity index (χ2v) is 6.81. The van der Waals surface area contributed by atoms with E-state index in [0.717, 1.165) is 11.8 Å². The fourth-order valence-electron chi connectivity index (χ4n) is 4.33. The highest BCUT2D eigenvalue weighted by Gasteiger charge is 2.31. The van der Waals surface area contributed by atoms with Crippen molar-refractivity contribution in [3.8, 4) is 0 Å². The SMILES string of the molecule is CC1CCCC1c1cccc2c1C(N(C)C)CCC2.Cl. The molecule has 0 saturated heterocycles. The van der Waals surface area contributed by atoms with Crippen molar-refractivity contribution in [1.29, 1.82) is 0 Å². The molecule has 3 unspecified atom stereocenters. The average Bonchev–Trinajstić information content (AvgIpc) is 2.83. The minimum absolute atomic E-state index is 0. The molecule has 0 aliphatic heterocycles. The van der Waals surface area contributed by atoms with Crippen LogP contribution >= 0.6 is 12.4 Å². The van der Waals surface area contributed by atoms with E-state index in [1.165, 1.54) is 38.5 Å². The van der Waals surface area contributed by atoms with Gasteiger partial charge in [0.25, 0.3) is 0 Å². The van der Waals surface area contributed by atoms with Crippen molar-refractivity contribution in [2.24, 2.45) is 5.92 Å². The summed E-state index contributed by atoms with van der Waals surface area (Å²) in [5.41, 5.74) is 5.00. The Morgan fingerprint density at radius 3 is 2.50 bits per heavy atom. The van der Waals surface area contributed by atoms with Crippen molar-refractivity contribution in [3.63, 3.8) is 0 Å². The van der Waals surface area contributed by atoms with Gasteiger partial charge in [-0.15, -0.1) is 12.4 Å². The molecule has 1 fully saturated rings. The first kappa shape index (κ1) is 15.9. The van der Waals surface area contributed by atoms with E-state index in [0.29, 0.717) is 6.04 Å². The van der Waals surface area contributed by atoms with Crippen LogP contribution in [0.1, 0.15) is 67.7 Å². The summed E-state index contributed by atoms with van der Waals surface area (Å²) in [4.78, 5) is 2.43. The number of fused-ring (bicyclic) bond motifs is 1. The maximum absolute atomic E-state index is 2.45. The molecule has 1 nitrogen and oxygen atoms in total. The van der Waals surface area contributed by atoms with Gasteiger partial charge in [0.15, 0.2) is 0 Å². The quantitative estimate of drug-likeness (QED) is 0.745. The predicted molar refractivity (Wildman–Crippen MR) is 88.8 cm³/mol. The van der Waals surface area contributed by atoms with Gasteiger partial charge in [-0.1, -0.05) is 38.0 Å². The van der Waals surface area contributed by atoms with Gasteiger partial charge < -0.3 is 4.90 Å². The highest BCUT2D eigenvalue weighted by atomic mass is 35.5. The molecule has 0 heterocycles. The molecule has 2 aliphatic rings. The van der Waals surface area contributed by atoms with Crippen molar-refractivity contribution < 1.29 is 0 Å². The molecule has 0 spiro atoms. The van der Waals surface area contributed by atoms with Gasteiger partial charge in [0.05, 0.1) is 0 Å². The monoisotopic (exact) mass is 293 g/mol. The zero-order valence-electron chi connectivity index (χ0n) is 13.1. The molecule has 3 atom stereocenters. The van der Waals surface area contributed by atoms with Gasteiger partial charge in [-0.05, 0) is 68.3 Å². The van der Waals surface area contributed by atoms with Crippen LogP contribution in [0.5, 0.6) is 0 Å². The normalized spacial score (nSPS) is 29.1. The maximum atomic E-state index is 2.45. The lowest BCUT2D eigenvalue weighted by molar-refractivity contribution is 0.265. The van der Waals surface area contributed by atoms with E-state index in [2.05, 4.69) is 44.1 Å². The molecule has 1 saturated carbocycles. The Hall–Kier alpha value is -0.530. The minimum Gasteiger partial charge on any atom is -0.302 e. The van der Waals surface area contributed by atoms with E-state index in [1.54, 1.807) is 16.7 Å². The standard InChI is InChI=1S/C18H27N.ClH/c1-13-7-4-10-15(13)16-11-5-8-14-9-6-12-17(18(14)16)19(2)3;/h5,8,11,13,15,17H,4,6-7,9-10,12H2,1-3H3;1H. The molecule has 1 aromatic carbocycles. The Balaban J connectivity index is 0.00000147. The van der Waals surface area contributed by atoms with Gasteiger partial charge in [-0.3, -0.25) is 0 Å². The van der Waals surface area contributed by atoms with Crippen LogP contribution in [-0.4, -0.2) is 19.0 Å². The van der Waals surface area contributed by atoms with Crippen LogP contribution in [0, 0.1) is 5.92 Å². The molecule has 0 N–H and O–H groups in total. The molecule has 1 aromatic rings. The fraction of sp³-hybridized carbons (Fsp3) is 0.667. The summed E-state index contributed by atoms with van der Waals surface area (Å²) in [7, 11) is 4.49. The number of hydrogen-bond donors (Lipinski definition) is 0. The molecule has 20 heavy (non-hydrogen) atoms. The summed E-state index contributed by atoms with van der Waals surface area (Å²) in [5.74, 6) is 1.69. The Labute approximate surface area is 130 Å². The third kappa shape index (κ3) is 2.76. The number of halogens is 1. The van der Waals surface area contributed by atoms with E-state index >= 15 is 0 Å². The zero-order valence-corrected chi connectivity index (χ0v) is 13.9. The highest BCUT2D eigenvalue weighted by molar-refractivity contribution is 5.85. The number of nitrogens with zero attached hydrogens (tertiary/aromatic N) is 1. The van der Waals surface area contributed by atoms with Crippen LogP contribution in [0.25, 0.3) is 0 Å². The van der Waals surface area contributed by atoms with Crippen LogP contribution in [0.3, 0.4) is 0 Å². The molecular weight excluding hydrogens is 266 g/mol. The molecular formula is C18H28ClN. The molecule has 0 radical (unpaired) electrons. The average molecular weight is 294 g/mol. The lowest BCUT2D eigenvalue weighted by atomic mass is 9.78. The molecule has 112 valence electrons. The second kappa shape index (κ2) is 6.49. The minimum atomic E-state index is 0. The Kier molecular flexibility index (Phi) is 5.14. The van der Waals surface area contributed by atoms with Crippen LogP contribution in [-0.2, 0) is 6.42 Å². The third-order valence-electron chi connectivity index (χ3n) is 5.37. The number of benzene rings is 1. The van der Waals surface area contributed by atoms with Crippen LogP contribution < -0.4 is 0 Å². The smallest absolute Gasteiger partial charge is 0.0347 e. The van der Waals surface area contributed by atoms with E-state index in [9.17, 15) is 0 Å². The maximum Gasteiger partial charge on any atom is 0.0347 e. The zero-order chi connectivity index (χ0) is 13.4. The number of aryl methyl sites for hydroxylation is 1. The van der Waals surface area contributed by atoms with Gasteiger partial charge in [-0.25, -0.2) is 0 Å². The van der Waals surface area contributed by atoms with E-state index in [-0.39, 0.29) is 12.4 Å². The Morgan fingerprint density at radius 1 is 1.05 bits per heavy atom. The molecule has 2 aliphatic carbocycles. The van der Waals surface area contributed by atoms with Crippen LogP contribution in [0.4, 0.5) is 0 Å². The summed E-state index contributed by atoms with van der Waals surface area (Å²) in [5, 5.41) is 0. The molecule has 2 heteroatoms. The van der Waals surface area contributed by atoms with Gasteiger partial charge in [0.2, 0.25) is 0 Å². The molecule has 3 rings (SSSR count). The topological polar surface area (TPSA) is 3.24 Å². The van der Waals surface area contributed by atoms with E-state index in [4.69, 9.17) is 0 Å². The second-order valence-electron chi connectivity index (χ2n) is 6.81. The molecule has 0 amide bonds. The lowest BCUT2D eigenvalue weighted by Crippen LogP contribution is -2.26. The first-order valence-electron chi connectivity index (χ1n) is 7.96. The Morgan fingerprint density at radius 2 is 1.85 bits per heavy atom. The Bertz CT molecular complexity index is 455. The van der Waals surface area contributed by atoms with Crippen molar-refractivity contribution in [2.45, 2.75) is 57.4 Å². The third-order valence-corrected chi connectivity index (χ3v) is 5.37. The number of hydrogen-bond acceptors (Lipinski definition) is 1. The van der Waals surface area contributed by atoms with Crippen molar-refractivity contribution in [1.82, 2.24) is 4.90 Å². The van der Waals surface area contributed by atoms with Crippen molar-refractivity contribution in [2.75, 3.05) is 14.1 Å². The molecule has 0 aromatic heterocycles. The van der Waals surface area contributed by atoms with Crippen molar-refractivity contribution >= 4 is 12.4 Å². The highest BCUT2D eigenvalue weighted by Crippen LogP contribution is 2.45. The lowest BCUT2D eigenvalue weighted by Gasteiger charge is -2.34. The first-order chi connectivity index (χ1) is 9.18. The first-order valence-corrected chi connectivity index (χ1v) is 7.96. The summed E-state index contributed by atoms with van der Waals surface area (Å²) in [6.45, 7) is 2.45. The van der Waals surface area contributed by atoms with Crippen LogP contribution in [0.2, 0.25) is 0 Å². The molecule has 0 bridgehead atoms. The van der Waals surface area contributed by atoms with Gasteiger partial charge in [0.1, 0.15) is 0 Å². The van der Waals surface area contributed by atoms with Crippen molar-refractivity contribution in [3.05, 3.63) is 34.9 Å². The fourth-order valence-corrected chi connectivity index (χ4v) is 4.33. The van der Waals surface area contributed by atoms with E-state index < -0.39 is 0 Å². The van der Waals surface area contributed by atoms with Gasteiger partial charge in [0, 0.05) is 6.04 Å². The number of rotatable bonds is 2. The van der Waals surface area contributed by atoms with Gasteiger partial charge >= 0.3 is 0 Å². The van der Waals surface area contributed by atoms with Gasteiger partial charge in [-0.2, -0.15) is 0 Å². The summed E-state index contributed by atoms with van der Waals surface area (Å²) in [6.07, 6.45) is 8.20. The van der Waals surface area contributed by atoms with E-state index in [1.807, 2.05) is 0 Å². The largest absolute Gasteiger partial charge is 0.302 e. The summed E-state index contributed by atoms with van der Waals surface area (Å²) >= 11 is 0. The summed E-state index contributed by atoms with van der Waals surface area (Å²) in [6, 6.07) is 7.74. The van der Waals surface area contributed by atoms with Crippen LogP contribution in [0.15, 0.2) is 18.2 Å².